The quantitative estimate of drug-likeness (QED) is 0.584. The zero-order valence-corrected chi connectivity index (χ0v) is 16.9. The first-order chi connectivity index (χ1) is 13.7. The molecule has 0 aliphatic heterocycles. The van der Waals surface area contributed by atoms with Crippen molar-refractivity contribution in [1.82, 2.24) is 14.7 Å². The molecule has 0 saturated heterocycles. The van der Waals surface area contributed by atoms with Gasteiger partial charge in [-0.1, -0.05) is 6.07 Å². The lowest BCUT2D eigenvalue weighted by Gasteiger charge is -2.31. The molecule has 0 unspecified atom stereocenters. The first-order valence-corrected chi connectivity index (χ1v) is 10.7. The summed E-state index contributed by atoms with van der Waals surface area (Å²) >= 11 is 0. The minimum Gasteiger partial charge on any atom is -0.441 e. The summed E-state index contributed by atoms with van der Waals surface area (Å²) < 4.78 is 33.7. The Hall–Kier alpha value is -2.75. The topological polar surface area (TPSA) is 131 Å². The third-order valence-electron chi connectivity index (χ3n) is 5.07. The highest BCUT2D eigenvalue weighted by Gasteiger charge is 2.31. The molecule has 9 heteroatoms. The van der Waals surface area contributed by atoms with Crippen molar-refractivity contribution in [2.45, 2.75) is 43.7 Å². The average molecular weight is 414 g/mol. The summed E-state index contributed by atoms with van der Waals surface area (Å²) in [4.78, 5) is 8.50. The second-order valence-electron chi connectivity index (χ2n) is 7.32. The van der Waals surface area contributed by atoms with Gasteiger partial charge in [0.25, 0.3) is 0 Å². The molecular formula is C20H22N4O4S. The molecule has 4 rings (SSSR count). The number of nitrogens with one attached hydrogen (secondary N) is 1. The summed E-state index contributed by atoms with van der Waals surface area (Å²) in [5.74, 6) is 1.32. The molecule has 2 aromatic heterocycles. The highest BCUT2D eigenvalue weighted by molar-refractivity contribution is 7.89. The third-order valence-corrected chi connectivity index (χ3v) is 6.59. The van der Waals surface area contributed by atoms with E-state index in [9.17, 15) is 13.5 Å². The Morgan fingerprint density at radius 1 is 1.14 bits per heavy atom. The largest absolute Gasteiger partial charge is 0.441 e. The number of pyridine rings is 1. The number of nitrogen functional groups attached to an aromatic ring is 1. The number of benzene rings is 1. The van der Waals surface area contributed by atoms with Crippen molar-refractivity contribution in [2.24, 2.45) is 0 Å². The van der Waals surface area contributed by atoms with Gasteiger partial charge in [-0.2, -0.15) is 0 Å². The van der Waals surface area contributed by atoms with Crippen molar-refractivity contribution >= 4 is 15.8 Å². The molecule has 1 saturated carbocycles. The van der Waals surface area contributed by atoms with Crippen LogP contribution in [0, 0.1) is 13.8 Å². The Morgan fingerprint density at radius 3 is 2.55 bits per heavy atom. The highest BCUT2D eigenvalue weighted by Crippen LogP contribution is 2.33. The zero-order chi connectivity index (χ0) is 20.8. The molecule has 0 amide bonds. The summed E-state index contributed by atoms with van der Waals surface area (Å²) in [5, 5.41) is 9.39. The maximum atomic E-state index is 12.7. The van der Waals surface area contributed by atoms with Crippen LogP contribution in [0.25, 0.3) is 22.5 Å². The van der Waals surface area contributed by atoms with Crippen molar-refractivity contribution in [2.75, 3.05) is 5.73 Å². The van der Waals surface area contributed by atoms with Gasteiger partial charge < -0.3 is 15.3 Å². The number of aryl methyl sites for hydroxylation is 2. The fourth-order valence-corrected chi connectivity index (χ4v) is 4.64. The van der Waals surface area contributed by atoms with E-state index in [-0.39, 0.29) is 10.9 Å². The molecule has 8 nitrogen and oxygen atoms in total. The number of rotatable bonds is 5. The van der Waals surface area contributed by atoms with Gasteiger partial charge in [-0.3, -0.25) is 0 Å². The Morgan fingerprint density at radius 2 is 1.90 bits per heavy atom. The smallest absolute Gasteiger partial charge is 0.240 e. The van der Waals surface area contributed by atoms with Gasteiger partial charge >= 0.3 is 0 Å². The number of anilines is 1. The van der Waals surface area contributed by atoms with Crippen LogP contribution in [-0.2, 0) is 10.0 Å². The number of aliphatic hydroxyl groups excluding tert-OH is 1. The monoisotopic (exact) mass is 414 g/mol. The summed E-state index contributed by atoms with van der Waals surface area (Å²) in [6.07, 6.45) is 3.61. The number of hydrogen-bond donors (Lipinski definition) is 3. The number of sulfonamides is 1. The Balaban J connectivity index is 1.71. The van der Waals surface area contributed by atoms with Gasteiger partial charge in [0.15, 0.2) is 11.7 Å². The molecule has 4 N–H and O–H groups in total. The minimum absolute atomic E-state index is 0.161. The number of aromatic nitrogens is 2. The van der Waals surface area contributed by atoms with E-state index in [4.69, 9.17) is 10.2 Å². The SMILES string of the molecule is Cc1ncc(-c2cc(-c3cc(S(=O)(=O)N[C@H]4C[C@@H](O)C4)ccc3C)cnc2N)o1. The van der Waals surface area contributed by atoms with Crippen LogP contribution in [0.3, 0.4) is 0 Å². The van der Waals surface area contributed by atoms with Crippen molar-refractivity contribution in [3.63, 3.8) is 0 Å². The zero-order valence-electron chi connectivity index (χ0n) is 16.1. The van der Waals surface area contributed by atoms with E-state index in [2.05, 4.69) is 14.7 Å². The van der Waals surface area contributed by atoms with Gasteiger partial charge in [0.1, 0.15) is 5.82 Å². The van der Waals surface area contributed by atoms with Crippen molar-refractivity contribution in [3.8, 4) is 22.5 Å². The van der Waals surface area contributed by atoms with E-state index < -0.39 is 16.1 Å². The van der Waals surface area contributed by atoms with Gasteiger partial charge in [0.2, 0.25) is 10.0 Å². The van der Waals surface area contributed by atoms with E-state index in [1.165, 1.54) is 0 Å². The number of nitrogens with two attached hydrogens (primary N) is 1. The average Bonchev–Trinajstić information content (AvgIpc) is 3.07. The van der Waals surface area contributed by atoms with Gasteiger partial charge in [0.05, 0.1) is 22.8 Å². The summed E-state index contributed by atoms with van der Waals surface area (Å²) in [6.45, 7) is 3.64. The summed E-state index contributed by atoms with van der Waals surface area (Å²) in [7, 11) is -3.69. The molecule has 0 bridgehead atoms. The van der Waals surface area contributed by atoms with Gasteiger partial charge in [-0.15, -0.1) is 0 Å². The molecule has 0 radical (unpaired) electrons. The molecule has 0 spiro atoms. The van der Waals surface area contributed by atoms with Gasteiger partial charge in [-0.25, -0.2) is 23.1 Å². The van der Waals surface area contributed by atoms with Gasteiger partial charge in [0, 0.05) is 24.7 Å². The second kappa shape index (κ2) is 7.25. The summed E-state index contributed by atoms with van der Waals surface area (Å²) in [6, 6.07) is 6.53. The van der Waals surface area contributed by atoms with Crippen molar-refractivity contribution in [3.05, 3.63) is 48.1 Å². The minimum atomic E-state index is -3.69. The van der Waals surface area contributed by atoms with Crippen LogP contribution in [0.2, 0.25) is 0 Å². The maximum Gasteiger partial charge on any atom is 0.240 e. The van der Waals surface area contributed by atoms with Crippen LogP contribution >= 0.6 is 0 Å². The van der Waals surface area contributed by atoms with Crippen molar-refractivity contribution < 1.29 is 17.9 Å². The first-order valence-electron chi connectivity index (χ1n) is 9.22. The standard InChI is InChI=1S/C20H22N4O4S/c1-11-3-4-16(29(26,27)24-14-6-15(25)7-14)8-17(11)13-5-18(20(21)23-9-13)19-10-22-12(2)28-19/h3-5,8-10,14-15,24-25H,6-7H2,1-2H3,(H2,21,23)/t14-,15+. The molecule has 1 aromatic carbocycles. The molecule has 0 atom stereocenters. The highest BCUT2D eigenvalue weighted by atomic mass is 32.2. The van der Waals surface area contributed by atoms with Gasteiger partial charge in [-0.05, 0) is 49.1 Å². The lowest BCUT2D eigenvalue weighted by atomic mass is 9.91. The maximum absolute atomic E-state index is 12.7. The normalized spacial score (nSPS) is 19.1. The van der Waals surface area contributed by atoms with Crippen LogP contribution in [0.4, 0.5) is 5.82 Å². The molecular weight excluding hydrogens is 392 g/mol. The number of aliphatic hydroxyl groups is 1. The molecule has 152 valence electrons. The number of nitrogens with zero attached hydrogens (tertiary/aromatic N) is 2. The Bertz CT molecular complexity index is 1170. The Labute approximate surface area is 168 Å². The molecule has 2 heterocycles. The van der Waals surface area contributed by atoms with E-state index >= 15 is 0 Å². The molecule has 3 aromatic rings. The van der Waals surface area contributed by atoms with Crippen LogP contribution in [-0.4, -0.2) is 35.6 Å². The fourth-order valence-electron chi connectivity index (χ4n) is 3.36. The molecule has 1 fully saturated rings. The van der Waals surface area contributed by atoms with E-state index in [1.54, 1.807) is 37.5 Å². The first kappa shape index (κ1) is 19.6. The van der Waals surface area contributed by atoms with E-state index in [0.717, 1.165) is 16.7 Å². The lowest BCUT2D eigenvalue weighted by molar-refractivity contribution is 0.0712. The molecule has 1 aliphatic rings. The predicted molar refractivity (Wildman–Crippen MR) is 108 cm³/mol. The number of oxazole rings is 1. The molecule has 1 aliphatic carbocycles. The third kappa shape index (κ3) is 3.89. The van der Waals surface area contributed by atoms with E-state index in [1.807, 2.05) is 13.0 Å². The predicted octanol–water partition coefficient (Wildman–Crippen LogP) is 2.40. The van der Waals surface area contributed by atoms with Crippen LogP contribution in [0.5, 0.6) is 0 Å². The molecule has 29 heavy (non-hydrogen) atoms. The van der Waals surface area contributed by atoms with Crippen LogP contribution < -0.4 is 10.5 Å². The summed E-state index contributed by atoms with van der Waals surface area (Å²) in [5.41, 5.74) is 8.95. The van der Waals surface area contributed by atoms with E-state index in [0.29, 0.717) is 35.9 Å². The fraction of sp³-hybridized carbons (Fsp3) is 0.300. The second-order valence-corrected chi connectivity index (χ2v) is 9.03. The lowest BCUT2D eigenvalue weighted by Crippen LogP contribution is -2.46. The van der Waals surface area contributed by atoms with Crippen molar-refractivity contribution in [1.29, 1.82) is 0 Å². The van der Waals surface area contributed by atoms with Crippen LogP contribution in [0.1, 0.15) is 24.3 Å². The van der Waals surface area contributed by atoms with Crippen LogP contribution in [0.15, 0.2) is 46.0 Å². The number of hydrogen-bond acceptors (Lipinski definition) is 7. The Kier molecular flexibility index (Phi) is 4.89.